The number of aryl methyl sites for hydroxylation is 1. The Labute approximate surface area is 103 Å². The van der Waals surface area contributed by atoms with E-state index >= 15 is 0 Å². The summed E-state index contributed by atoms with van der Waals surface area (Å²) in [6, 6.07) is 0. The van der Waals surface area contributed by atoms with Gasteiger partial charge in [-0.25, -0.2) is 0 Å². The maximum Gasteiger partial charge on any atom is 0.147 e. The predicted octanol–water partition coefficient (Wildman–Crippen LogP) is 1.51. The molecule has 0 saturated heterocycles. The topological polar surface area (TPSA) is 42.7 Å². The largest absolute Gasteiger partial charge is 0.314 e. The number of hydrogen-bond donors (Lipinski definition) is 1. The van der Waals surface area contributed by atoms with Crippen molar-refractivity contribution in [3.63, 3.8) is 0 Å². The SMILES string of the molecule is C#CCCCCNCc1nnc2n1CCCC2. The molecule has 92 valence electrons. The van der Waals surface area contributed by atoms with E-state index in [1.165, 1.54) is 12.8 Å². The molecule has 0 unspecified atom stereocenters. The minimum absolute atomic E-state index is 0.822. The Kier molecular flexibility index (Phi) is 4.57. The summed E-state index contributed by atoms with van der Waals surface area (Å²) in [5.74, 6) is 4.89. The molecule has 0 atom stereocenters. The van der Waals surface area contributed by atoms with Gasteiger partial charge in [0.25, 0.3) is 0 Å². The van der Waals surface area contributed by atoms with Gasteiger partial charge in [0.15, 0.2) is 0 Å². The summed E-state index contributed by atoms with van der Waals surface area (Å²) in [4.78, 5) is 0. The van der Waals surface area contributed by atoms with E-state index in [2.05, 4.69) is 26.0 Å². The summed E-state index contributed by atoms with van der Waals surface area (Å²) in [5, 5.41) is 11.9. The molecule has 0 saturated carbocycles. The normalized spacial score (nSPS) is 14.3. The molecule has 0 spiro atoms. The van der Waals surface area contributed by atoms with Crippen LogP contribution in [0.1, 0.15) is 43.8 Å². The summed E-state index contributed by atoms with van der Waals surface area (Å²) in [6.07, 6.45) is 11.9. The average molecular weight is 232 g/mol. The van der Waals surface area contributed by atoms with Crippen LogP contribution in [0.3, 0.4) is 0 Å². The first-order valence-corrected chi connectivity index (χ1v) is 6.47. The van der Waals surface area contributed by atoms with E-state index in [9.17, 15) is 0 Å². The molecule has 0 aliphatic carbocycles. The van der Waals surface area contributed by atoms with Crippen molar-refractivity contribution < 1.29 is 0 Å². The molecule has 4 heteroatoms. The molecule has 0 fully saturated rings. The van der Waals surface area contributed by atoms with Crippen molar-refractivity contribution in [1.29, 1.82) is 0 Å². The van der Waals surface area contributed by atoms with Crippen LogP contribution in [-0.4, -0.2) is 21.3 Å². The van der Waals surface area contributed by atoms with Crippen molar-refractivity contribution in [2.75, 3.05) is 6.54 Å². The summed E-state index contributed by atoms with van der Waals surface area (Å²) in [7, 11) is 0. The molecule has 4 nitrogen and oxygen atoms in total. The summed E-state index contributed by atoms with van der Waals surface area (Å²) in [5.41, 5.74) is 0. The Bertz CT molecular complexity index is 389. The van der Waals surface area contributed by atoms with Crippen LogP contribution in [0.4, 0.5) is 0 Å². The minimum Gasteiger partial charge on any atom is -0.314 e. The van der Waals surface area contributed by atoms with Crippen molar-refractivity contribution in [3.8, 4) is 12.3 Å². The lowest BCUT2D eigenvalue weighted by Gasteiger charge is -2.14. The van der Waals surface area contributed by atoms with Gasteiger partial charge in [0.1, 0.15) is 11.6 Å². The van der Waals surface area contributed by atoms with Crippen LogP contribution in [0.25, 0.3) is 0 Å². The number of nitrogens with one attached hydrogen (secondary N) is 1. The summed E-state index contributed by atoms with van der Waals surface area (Å²) < 4.78 is 2.26. The summed E-state index contributed by atoms with van der Waals surface area (Å²) in [6.45, 7) is 2.91. The smallest absolute Gasteiger partial charge is 0.147 e. The molecule has 1 aliphatic heterocycles. The van der Waals surface area contributed by atoms with Crippen molar-refractivity contribution >= 4 is 0 Å². The second-order valence-corrected chi connectivity index (χ2v) is 4.48. The fourth-order valence-electron chi connectivity index (χ4n) is 2.18. The standard InChI is InChI=1S/C13H20N4/c1-2-3-4-6-9-14-11-13-16-15-12-8-5-7-10-17(12)13/h1,14H,3-11H2. The van der Waals surface area contributed by atoms with Gasteiger partial charge in [-0.05, 0) is 32.2 Å². The van der Waals surface area contributed by atoms with E-state index in [1.54, 1.807) is 0 Å². The monoisotopic (exact) mass is 232 g/mol. The van der Waals surface area contributed by atoms with Crippen LogP contribution >= 0.6 is 0 Å². The van der Waals surface area contributed by atoms with Gasteiger partial charge in [-0.1, -0.05) is 0 Å². The first-order valence-electron chi connectivity index (χ1n) is 6.47. The summed E-state index contributed by atoms with van der Waals surface area (Å²) >= 11 is 0. The number of hydrogen-bond acceptors (Lipinski definition) is 3. The molecule has 0 bridgehead atoms. The van der Waals surface area contributed by atoms with E-state index in [-0.39, 0.29) is 0 Å². The zero-order valence-corrected chi connectivity index (χ0v) is 10.3. The molecule has 2 heterocycles. The fraction of sp³-hybridized carbons (Fsp3) is 0.692. The number of nitrogens with zero attached hydrogens (tertiary/aromatic N) is 3. The van der Waals surface area contributed by atoms with Crippen molar-refractivity contribution in [1.82, 2.24) is 20.1 Å². The van der Waals surface area contributed by atoms with Crippen LogP contribution in [0.5, 0.6) is 0 Å². The van der Waals surface area contributed by atoms with E-state index in [4.69, 9.17) is 6.42 Å². The molecular weight excluding hydrogens is 212 g/mol. The van der Waals surface area contributed by atoms with Crippen LogP contribution in [0, 0.1) is 12.3 Å². The number of rotatable bonds is 6. The van der Waals surface area contributed by atoms with Gasteiger partial charge < -0.3 is 9.88 Å². The predicted molar refractivity (Wildman–Crippen MR) is 67.4 cm³/mol. The Balaban J connectivity index is 1.72. The first-order chi connectivity index (χ1) is 8.42. The highest BCUT2D eigenvalue weighted by atomic mass is 15.3. The van der Waals surface area contributed by atoms with Gasteiger partial charge in [0.2, 0.25) is 0 Å². The molecule has 0 aromatic carbocycles. The Morgan fingerprint density at radius 1 is 1.29 bits per heavy atom. The Morgan fingerprint density at radius 3 is 3.12 bits per heavy atom. The van der Waals surface area contributed by atoms with Gasteiger partial charge in [0.05, 0.1) is 6.54 Å². The molecule has 0 radical (unpaired) electrons. The van der Waals surface area contributed by atoms with Gasteiger partial charge in [-0.3, -0.25) is 0 Å². The van der Waals surface area contributed by atoms with Gasteiger partial charge >= 0.3 is 0 Å². The van der Waals surface area contributed by atoms with Gasteiger partial charge in [0, 0.05) is 19.4 Å². The number of unbranched alkanes of at least 4 members (excludes halogenated alkanes) is 2. The number of fused-ring (bicyclic) bond motifs is 1. The van der Waals surface area contributed by atoms with Crippen LogP contribution in [0.15, 0.2) is 0 Å². The van der Waals surface area contributed by atoms with Crippen molar-refractivity contribution in [2.24, 2.45) is 0 Å². The first kappa shape index (κ1) is 12.1. The molecule has 0 amide bonds. The van der Waals surface area contributed by atoms with E-state index in [0.29, 0.717) is 0 Å². The third-order valence-electron chi connectivity index (χ3n) is 3.14. The lowest BCUT2D eigenvalue weighted by atomic mass is 10.2. The maximum atomic E-state index is 5.20. The Hall–Kier alpha value is -1.34. The fourth-order valence-corrected chi connectivity index (χ4v) is 2.18. The van der Waals surface area contributed by atoms with E-state index in [1.807, 2.05) is 0 Å². The Morgan fingerprint density at radius 2 is 2.24 bits per heavy atom. The molecule has 2 rings (SSSR count). The third-order valence-corrected chi connectivity index (χ3v) is 3.14. The van der Waals surface area contributed by atoms with E-state index in [0.717, 1.165) is 57.0 Å². The van der Waals surface area contributed by atoms with Crippen LogP contribution in [-0.2, 0) is 19.5 Å². The molecule has 17 heavy (non-hydrogen) atoms. The lowest BCUT2D eigenvalue weighted by Crippen LogP contribution is -2.20. The molecule has 1 aromatic heterocycles. The quantitative estimate of drug-likeness (QED) is 0.597. The van der Waals surface area contributed by atoms with Crippen molar-refractivity contribution in [3.05, 3.63) is 11.6 Å². The highest BCUT2D eigenvalue weighted by Gasteiger charge is 2.14. The number of aromatic nitrogens is 3. The highest BCUT2D eigenvalue weighted by Crippen LogP contribution is 2.13. The third kappa shape index (κ3) is 3.31. The van der Waals surface area contributed by atoms with Gasteiger partial charge in [-0.15, -0.1) is 22.5 Å². The zero-order valence-electron chi connectivity index (χ0n) is 10.3. The average Bonchev–Trinajstić information content (AvgIpc) is 2.77. The lowest BCUT2D eigenvalue weighted by molar-refractivity contribution is 0.495. The van der Waals surface area contributed by atoms with Crippen molar-refractivity contribution in [2.45, 2.75) is 51.6 Å². The van der Waals surface area contributed by atoms with Crippen LogP contribution in [0.2, 0.25) is 0 Å². The second kappa shape index (κ2) is 6.41. The molecule has 1 aromatic rings. The molecule has 1 aliphatic rings. The zero-order chi connectivity index (χ0) is 11.9. The van der Waals surface area contributed by atoms with E-state index < -0.39 is 0 Å². The van der Waals surface area contributed by atoms with Crippen LogP contribution < -0.4 is 5.32 Å². The number of terminal acetylenes is 1. The minimum atomic E-state index is 0.822. The second-order valence-electron chi connectivity index (χ2n) is 4.48. The molecular formula is C13H20N4. The maximum absolute atomic E-state index is 5.20. The van der Waals surface area contributed by atoms with Gasteiger partial charge in [-0.2, -0.15) is 0 Å². The highest BCUT2D eigenvalue weighted by molar-refractivity contribution is 4.98. The molecule has 1 N–H and O–H groups in total.